The van der Waals surface area contributed by atoms with Crippen molar-refractivity contribution >= 4 is 0 Å². The number of ether oxygens (including phenoxy) is 1. The summed E-state index contributed by atoms with van der Waals surface area (Å²) in [6.45, 7) is 2.04. The van der Waals surface area contributed by atoms with Gasteiger partial charge in [0.25, 0.3) is 0 Å². The fraction of sp³-hybridized carbons (Fsp3) is 0.647. The molecule has 2 rings (SSSR count). The number of methoxy groups -OCH3 is 1. The average Bonchev–Trinajstić information content (AvgIpc) is 2.48. The number of rotatable bonds is 5. The zero-order valence-corrected chi connectivity index (χ0v) is 12.8. The van der Waals surface area contributed by atoms with Crippen molar-refractivity contribution in [1.82, 2.24) is 5.32 Å². The van der Waals surface area contributed by atoms with Gasteiger partial charge in [0.1, 0.15) is 5.82 Å². The third-order valence-electron chi connectivity index (χ3n) is 4.83. The van der Waals surface area contributed by atoms with Gasteiger partial charge in [-0.1, -0.05) is 25.3 Å². The smallest absolute Gasteiger partial charge is 0.123 e. The van der Waals surface area contributed by atoms with E-state index in [0.29, 0.717) is 0 Å². The molecule has 1 fully saturated rings. The van der Waals surface area contributed by atoms with Crippen LogP contribution in [-0.2, 0) is 11.2 Å². The molecule has 1 aliphatic carbocycles. The fourth-order valence-corrected chi connectivity index (χ4v) is 3.48. The Bertz CT molecular complexity index is 441. The monoisotopic (exact) mass is 279 g/mol. The Morgan fingerprint density at radius 1 is 1.30 bits per heavy atom. The second kappa shape index (κ2) is 6.68. The van der Waals surface area contributed by atoms with Gasteiger partial charge in [0.15, 0.2) is 0 Å². The molecule has 0 aliphatic heterocycles. The number of halogens is 1. The third kappa shape index (κ3) is 3.21. The second-order valence-corrected chi connectivity index (χ2v) is 5.95. The van der Waals surface area contributed by atoms with Gasteiger partial charge in [-0.05, 0) is 56.5 Å². The molecule has 2 nitrogen and oxygen atoms in total. The highest BCUT2D eigenvalue weighted by Crippen LogP contribution is 2.35. The van der Waals surface area contributed by atoms with Gasteiger partial charge in [-0.25, -0.2) is 4.39 Å². The molecule has 1 N–H and O–H groups in total. The molecule has 1 atom stereocenters. The van der Waals surface area contributed by atoms with Gasteiger partial charge in [0.05, 0.1) is 5.60 Å². The van der Waals surface area contributed by atoms with Crippen molar-refractivity contribution in [2.24, 2.45) is 0 Å². The number of hydrogen-bond donors (Lipinski definition) is 1. The van der Waals surface area contributed by atoms with E-state index in [1.54, 1.807) is 6.07 Å². The van der Waals surface area contributed by atoms with E-state index in [-0.39, 0.29) is 17.5 Å². The fourth-order valence-electron chi connectivity index (χ4n) is 3.48. The van der Waals surface area contributed by atoms with Crippen LogP contribution in [0.25, 0.3) is 0 Å². The van der Waals surface area contributed by atoms with Gasteiger partial charge >= 0.3 is 0 Å². The minimum absolute atomic E-state index is 0.105. The summed E-state index contributed by atoms with van der Waals surface area (Å²) in [5, 5.41) is 3.41. The minimum atomic E-state index is -0.157. The summed E-state index contributed by atoms with van der Waals surface area (Å²) in [4.78, 5) is 0. The summed E-state index contributed by atoms with van der Waals surface area (Å²) in [7, 11) is 3.79. The van der Waals surface area contributed by atoms with E-state index in [1.165, 1.54) is 25.3 Å². The quantitative estimate of drug-likeness (QED) is 0.889. The van der Waals surface area contributed by atoms with Crippen LogP contribution in [0.3, 0.4) is 0 Å². The summed E-state index contributed by atoms with van der Waals surface area (Å²) in [6.07, 6.45) is 6.71. The molecule has 0 saturated heterocycles. The van der Waals surface area contributed by atoms with Crippen molar-refractivity contribution in [3.8, 4) is 0 Å². The average molecular weight is 279 g/mol. The van der Waals surface area contributed by atoms with Crippen molar-refractivity contribution in [3.05, 3.63) is 35.1 Å². The van der Waals surface area contributed by atoms with E-state index in [2.05, 4.69) is 5.32 Å². The van der Waals surface area contributed by atoms with E-state index in [1.807, 2.05) is 27.1 Å². The van der Waals surface area contributed by atoms with E-state index in [4.69, 9.17) is 4.74 Å². The molecule has 3 heteroatoms. The molecule has 1 aromatic carbocycles. The number of nitrogens with one attached hydrogen (secondary N) is 1. The molecule has 0 heterocycles. The Labute approximate surface area is 121 Å². The summed E-state index contributed by atoms with van der Waals surface area (Å²) < 4.78 is 19.4. The molecule has 1 unspecified atom stereocenters. The molecular formula is C17H26FNO. The summed E-state index contributed by atoms with van der Waals surface area (Å²) >= 11 is 0. The first-order valence-electron chi connectivity index (χ1n) is 7.59. The van der Waals surface area contributed by atoms with Gasteiger partial charge in [0.2, 0.25) is 0 Å². The third-order valence-corrected chi connectivity index (χ3v) is 4.83. The lowest BCUT2D eigenvalue weighted by atomic mass is 9.77. The van der Waals surface area contributed by atoms with Crippen molar-refractivity contribution < 1.29 is 9.13 Å². The van der Waals surface area contributed by atoms with Gasteiger partial charge < -0.3 is 10.1 Å². The Kier molecular flexibility index (Phi) is 5.17. The second-order valence-electron chi connectivity index (χ2n) is 5.95. The van der Waals surface area contributed by atoms with Crippen LogP contribution in [0.5, 0.6) is 0 Å². The number of likely N-dealkylation sites (N-methyl/N-ethyl adjacent to an activating group) is 1. The predicted octanol–water partition coefficient (Wildman–Crippen LogP) is 3.61. The molecule has 1 saturated carbocycles. The lowest BCUT2D eigenvalue weighted by Crippen LogP contribution is -2.53. The SMILES string of the molecule is CNC(Cc1cc(F)ccc1C)C1(OC)CCCCC1. The summed E-state index contributed by atoms with van der Waals surface area (Å²) in [5.41, 5.74) is 2.12. The highest BCUT2D eigenvalue weighted by atomic mass is 19.1. The first kappa shape index (κ1) is 15.5. The zero-order chi connectivity index (χ0) is 14.6. The molecule has 1 aliphatic rings. The van der Waals surface area contributed by atoms with Crippen LogP contribution in [0.2, 0.25) is 0 Å². The molecular weight excluding hydrogens is 253 g/mol. The van der Waals surface area contributed by atoms with Crippen molar-refractivity contribution in [3.63, 3.8) is 0 Å². The van der Waals surface area contributed by atoms with Gasteiger partial charge in [-0.15, -0.1) is 0 Å². The highest BCUT2D eigenvalue weighted by molar-refractivity contribution is 5.28. The van der Waals surface area contributed by atoms with Crippen LogP contribution in [0.1, 0.15) is 43.2 Å². The standard InChI is InChI=1S/C17H26FNO/c1-13-7-8-15(18)11-14(13)12-16(19-2)17(20-3)9-5-4-6-10-17/h7-8,11,16,19H,4-6,9-10,12H2,1-3H3. The maximum Gasteiger partial charge on any atom is 0.123 e. The Balaban J connectivity index is 2.21. The highest BCUT2D eigenvalue weighted by Gasteiger charge is 2.39. The normalized spacial score (nSPS) is 19.8. The lowest BCUT2D eigenvalue weighted by molar-refractivity contribution is -0.0657. The number of benzene rings is 1. The topological polar surface area (TPSA) is 21.3 Å². The van der Waals surface area contributed by atoms with E-state index < -0.39 is 0 Å². The largest absolute Gasteiger partial charge is 0.377 e. The van der Waals surface area contributed by atoms with Crippen LogP contribution < -0.4 is 5.32 Å². The summed E-state index contributed by atoms with van der Waals surface area (Å²) in [6, 6.07) is 5.28. The Morgan fingerprint density at radius 2 is 2.00 bits per heavy atom. The molecule has 0 spiro atoms. The van der Waals surface area contributed by atoms with E-state index >= 15 is 0 Å². The maximum atomic E-state index is 13.5. The van der Waals surface area contributed by atoms with Crippen molar-refractivity contribution in [1.29, 1.82) is 0 Å². The molecule has 0 amide bonds. The minimum Gasteiger partial charge on any atom is -0.377 e. The number of aryl methyl sites for hydroxylation is 1. The van der Waals surface area contributed by atoms with Crippen LogP contribution in [0.15, 0.2) is 18.2 Å². The maximum absolute atomic E-state index is 13.5. The van der Waals surface area contributed by atoms with Gasteiger partial charge in [-0.2, -0.15) is 0 Å². The molecule has 0 radical (unpaired) electrons. The van der Waals surface area contributed by atoms with Gasteiger partial charge in [0, 0.05) is 13.2 Å². The summed E-state index contributed by atoms with van der Waals surface area (Å²) in [5.74, 6) is -0.157. The zero-order valence-electron chi connectivity index (χ0n) is 12.8. The molecule has 1 aromatic rings. The van der Waals surface area contributed by atoms with Crippen LogP contribution in [0.4, 0.5) is 4.39 Å². The Morgan fingerprint density at radius 3 is 2.60 bits per heavy atom. The molecule has 0 aromatic heterocycles. The van der Waals surface area contributed by atoms with Crippen LogP contribution in [-0.4, -0.2) is 25.8 Å². The molecule has 0 bridgehead atoms. The Hall–Kier alpha value is -0.930. The molecule has 112 valence electrons. The van der Waals surface area contributed by atoms with Gasteiger partial charge in [-0.3, -0.25) is 0 Å². The van der Waals surface area contributed by atoms with Crippen LogP contribution >= 0.6 is 0 Å². The van der Waals surface area contributed by atoms with Crippen molar-refractivity contribution in [2.45, 2.75) is 57.1 Å². The van der Waals surface area contributed by atoms with E-state index in [0.717, 1.165) is 30.4 Å². The van der Waals surface area contributed by atoms with Crippen LogP contribution in [0, 0.1) is 12.7 Å². The molecule has 20 heavy (non-hydrogen) atoms. The predicted molar refractivity (Wildman–Crippen MR) is 80.5 cm³/mol. The number of hydrogen-bond acceptors (Lipinski definition) is 2. The first-order valence-corrected chi connectivity index (χ1v) is 7.59. The van der Waals surface area contributed by atoms with E-state index in [9.17, 15) is 4.39 Å². The van der Waals surface area contributed by atoms with Crippen molar-refractivity contribution in [2.75, 3.05) is 14.2 Å². The first-order chi connectivity index (χ1) is 9.61. The lowest BCUT2D eigenvalue weighted by Gasteiger charge is -2.42.